The smallest absolute Gasteiger partial charge is 0.191 e. The van der Waals surface area contributed by atoms with Crippen LogP contribution >= 0.6 is 0 Å². The maximum absolute atomic E-state index is 9.92. The van der Waals surface area contributed by atoms with Crippen LogP contribution in [0.15, 0.2) is 23.2 Å². The Kier molecular flexibility index (Phi) is 7.20. The van der Waals surface area contributed by atoms with Crippen LogP contribution in [0.2, 0.25) is 0 Å². The van der Waals surface area contributed by atoms with E-state index in [1.807, 2.05) is 6.07 Å². The van der Waals surface area contributed by atoms with E-state index in [0.717, 1.165) is 30.1 Å². The largest absolute Gasteiger partial charge is 0.508 e. The highest BCUT2D eigenvalue weighted by atomic mass is 16.5. The summed E-state index contributed by atoms with van der Waals surface area (Å²) in [4.78, 5) is 4.24. The zero-order valence-corrected chi connectivity index (χ0v) is 15.2. The second kappa shape index (κ2) is 8.65. The first-order valence-corrected chi connectivity index (χ1v) is 8.08. The van der Waals surface area contributed by atoms with E-state index in [9.17, 15) is 5.11 Å². The summed E-state index contributed by atoms with van der Waals surface area (Å²) in [5.74, 6) is 1.70. The number of hydrogen-bond acceptors (Lipinski definition) is 3. The summed E-state index contributed by atoms with van der Waals surface area (Å²) >= 11 is 0. The van der Waals surface area contributed by atoms with Gasteiger partial charge in [-0.25, -0.2) is 0 Å². The molecule has 0 aliphatic carbocycles. The first kappa shape index (κ1) is 19.1. The molecular formula is C18H31N3O2. The molecule has 130 valence electrons. The summed E-state index contributed by atoms with van der Waals surface area (Å²) in [6, 6.07) is 5.52. The van der Waals surface area contributed by atoms with Crippen molar-refractivity contribution >= 4 is 5.96 Å². The Morgan fingerprint density at radius 1 is 1.35 bits per heavy atom. The molecule has 1 aromatic carbocycles. The molecule has 0 spiro atoms. The number of aliphatic imine (C=N–C) groups is 1. The molecule has 23 heavy (non-hydrogen) atoms. The Balaban J connectivity index is 2.54. The molecule has 5 nitrogen and oxygen atoms in total. The zero-order valence-electron chi connectivity index (χ0n) is 15.2. The van der Waals surface area contributed by atoms with Crippen LogP contribution < -0.4 is 15.4 Å². The molecule has 3 N–H and O–H groups in total. The summed E-state index contributed by atoms with van der Waals surface area (Å²) in [5.41, 5.74) is 1.11. The Morgan fingerprint density at radius 2 is 2.04 bits per heavy atom. The fourth-order valence-corrected chi connectivity index (χ4v) is 2.16. The van der Waals surface area contributed by atoms with Gasteiger partial charge in [-0.1, -0.05) is 20.8 Å². The lowest BCUT2D eigenvalue weighted by molar-refractivity contribution is 0.346. The standard InChI is InChI=1S/C18H31N3O2/c1-13(9-10-18(2,3)4)21-17(19-5)20-12-14-11-15(23-6)7-8-16(14)22/h7-8,11,13,22H,9-10,12H2,1-6H3,(H2,19,20,21). The lowest BCUT2D eigenvalue weighted by Crippen LogP contribution is -2.42. The van der Waals surface area contributed by atoms with Gasteiger partial charge in [0.2, 0.25) is 0 Å². The van der Waals surface area contributed by atoms with Crippen molar-refractivity contribution in [1.82, 2.24) is 10.6 Å². The molecule has 1 unspecified atom stereocenters. The number of phenolic OH excluding ortho intramolecular Hbond substituents is 1. The van der Waals surface area contributed by atoms with Gasteiger partial charge >= 0.3 is 0 Å². The molecule has 0 saturated heterocycles. The fourth-order valence-electron chi connectivity index (χ4n) is 2.16. The molecule has 0 aromatic heterocycles. The summed E-state index contributed by atoms with van der Waals surface area (Å²) in [6.07, 6.45) is 2.23. The Bertz CT molecular complexity index is 521. The molecule has 0 amide bonds. The molecular weight excluding hydrogens is 290 g/mol. The lowest BCUT2D eigenvalue weighted by Gasteiger charge is -2.23. The van der Waals surface area contributed by atoms with Gasteiger partial charge in [-0.2, -0.15) is 0 Å². The minimum absolute atomic E-state index is 0.245. The highest BCUT2D eigenvalue weighted by Gasteiger charge is 2.13. The highest BCUT2D eigenvalue weighted by molar-refractivity contribution is 5.80. The van der Waals surface area contributed by atoms with E-state index in [-0.39, 0.29) is 5.75 Å². The van der Waals surface area contributed by atoms with E-state index in [2.05, 4.69) is 43.3 Å². The number of nitrogens with one attached hydrogen (secondary N) is 2. The molecule has 0 radical (unpaired) electrons. The monoisotopic (exact) mass is 321 g/mol. The van der Waals surface area contributed by atoms with Crippen molar-refractivity contribution in [2.45, 2.75) is 53.1 Å². The number of aromatic hydroxyl groups is 1. The van der Waals surface area contributed by atoms with Crippen LogP contribution in [0, 0.1) is 5.41 Å². The molecule has 0 heterocycles. The van der Waals surface area contributed by atoms with Crippen molar-refractivity contribution in [3.05, 3.63) is 23.8 Å². The molecule has 1 aromatic rings. The maximum Gasteiger partial charge on any atom is 0.191 e. The second-order valence-electron chi connectivity index (χ2n) is 7.07. The van der Waals surface area contributed by atoms with Crippen LogP contribution in [-0.2, 0) is 6.54 Å². The van der Waals surface area contributed by atoms with Crippen molar-refractivity contribution in [3.63, 3.8) is 0 Å². The number of phenols is 1. The van der Waals surface area contributed by atoms with Crippen molar-refractivity contribution < 1.29 is 9.84 Å². The van der Waals surface area contributed by atoms with Gasteiger partial charge < -0.3 is 20.5 Å². The van der Waals surface area contributed by atoms with Crippen molar-refractivity contribution in [3.8, 4) is 11.5 Å². The number of guanidine groups is 1. The van der Waals surface area contributed by atoms with Crippen LogP contribution in [0.5, 0.6) is 11.5 Å². The SMILES string of the molecule is CN=C(NCc1cc(OC)ccc1O)NC(C)CCC(C)(C)C. The van der Waals surface area contributed by atoms with Crippen molar-refractivity contribution in [2.75, 3.05) is 14.2 Å². The van der Waals surface area contributed by atoms with E-state index in [1.165, 1.54) is 0 Å². The van der Waals surface area contributed by atoms with Gasteiger partial charge in [-0.15, -0.1) is 0 Å². The average Bonchev–Trinajstić information content (AvgIpc) is 2.50. The van der Waals surface area contributed by atoms with Gasteiger partial charge in [0.15, 0.2) is 5.96 Å². The Labute approximate surface area is 140 Å². The molecule has 5 heteroatoms. The second-order valence-corrected chi connectivity index (χ2v) is 7.07. The number of rotatable bonds is 6. The predicted octanol–water partition coefficient (Wildman–Crippen LogP) is 3.28. The molecule has 0 aliphatic rings. The van der Waals surface area contributed by atoms with Gasteiger partial charge in [-0.05, 0) is 43.4 Å². The first-order chi connectivity index (χ1) is 10.7. The number of ether oxygens (including phenoxy) is 1. The summed E-state index contributed by atoms with van der Waals surface area (Å²) in [5, 5.41) is 16.5. The minimum atomic E-state index is 0.245. The molecule has 1 rings (SSSR count). The summed E-state index contributed by atoms with van der Waals surface area (Å²) in [7, 11) is 3.36. The number of nitrogens with zero attached hydrogens (tertiary/aromatic N) is 1. The van der Waals surface area contributed by atoms with E-state index in [1.54, 1.807) is 26.3 Å². The zero-order chi connectivity index (χ0) is 17.5. The topological polar surface area (TPSA) is 65.9 Å². The van der Waals surface area contributed by atoms with Gasteiger partial charge in [0.25, 0.3) is 0 Å². The minimum Gasteiger partial charge on any atom is -0.508 e. The van der Waals surface area contributed by atoms with Crippen LogP contribution in [0.1, 0.15) is 46.1 Å². The molecule has 0 aliphatic heterocycles. The van der Waals surface area contributed by atoms with Gasteiger partial charge in [-0.3, -0.25) is 4.99 Å². The molecule has 1 atom stereocenters. The van der Waals surface area contributed by atoms with Crippen LogP contribution in [0.25, 0.3) is 0 Å². The third kappa shape index (κ3) is 7.26. The lowest BCUT2D eigenvalue weighted by atomic mass is 9.89. The van der Waals surface area contributed by atoms with Gasteiger partial charge in [0.05, 0.1) is 7.11 Å². The average molecular weight is 321 g/mol. The Morgan fingerprint density at radius 3 is 2.61 bits per heavy atom. The van der Waals surface area contributed by atoms with Crippen molar-refractivity contribution in [1.29, 1.82) is 0 Å². The molecule has 0 fully saturated rings. The van der Waals surface area contributed by atoms with E-state index < -0.39 is 0 Å². The van der Waals surface area contributed by atoms with E-state index in [0.29, 0.717) is 18.0 Å². The fraction of sp³-hybridized carbons (Fsp3) is 0.611. The molecule has 0 saturated carbocycles. The number of benzene rings is 1. The van der Waals surface area contributed by atoms with E-state index >= 15 is 0 Å². The van der Waals surface area contributed by atoms with Crippen LogP contribution in [0.4, 0.5) is 0 Å². The first-order valence-electron chi connectivity index (χ1n) is 8.08. The third-order valence-electron chi connectivity index (χ3n) is 3.67. The van der Waals surface area contributed by atoms with Crippen LogP contribution in [-0.4, -0.2) is 31.3 Å². The van der Waals surface area contributed by atoms with Gasteiger partial charge in [0, 0.05) is 25.2 Å². The normalized spacial score (nSPS) is 13.6. The Hall–Kier alpha value is -1.91. The number of hydrogen-bond donors (Lipinski definition) is 3. The highest BCUT2D eigenvalue weighted by Crippen LogP contribution is 2.23. The maximum atomic E-state index is 9.92. The van der Waals surface area contributed by atoms with Crippen LogP contribution in [0.3, 0.4) is 0 Å². The van der Waals surface area contributed by atoms with Crippen molar-refractivity contribution in [2.24, 2.45) is 10.4 Å². The molecule has 0 bridgehead atoms. The summed E-state index contributed by atoms with van der Waals surface area (Å²) in [6.45, 7) is 9.38. The van der Waals surface area contributed by atoms with Gasteiger partial charge in [0.1, 0.15) is 11.5 Å². The third-order valence-corrected chi connectivity index (χ3v) is 3.67. The number of methoxy groups -OCH3 is 1. The summed E-state index contributed by atoms with van der Waals surface area (Å²) < 4.78 is 5.19. The quantitative estimate of drug-likeness (QED) is 0.556. The van der Waals surface area contributed by atoms with E-state index in [4.69, 9.17) is 4.74 Å². The predicted molar refractivity (Wildman–Crippen MR) is 96.1 cm³/mol.